The molecule has 0 atom stereocenters. The predicted molar refractivity (Wildman–Crippen MR) is 66.2 cm³/mol. The Hall–Kier alpha value is -0.541. The molecule has 20 N–H and O–H groups in total. The maximum Gasteiger partial charge on any atom is 3.00 e. The van der Waals surface area contributed by atoms with Gasteiger partial charge in [-0.3, -0.25) is 0 Å². The fraction of sp³-hybridized carbons (Fsp3) is 0. The smallest absolute Gasteiger partial charge is 0.543 e. The monoisotopic (exact) mass is 792 g/mol. The average Bonchev–Trinajstić information content (AvgIpc) is 2.18. The summed E-state index contributed by atoms with van der Waals surface area (Å²) in [4.78, 5) is 53.6. The van der Waals surface area contributed by atoms with Crippen LogP contribution in [-0.4, -0.2) is 90.6 Å². The van der Waals surface area contributed by atoms with Gasteiger partial charge < -0.3 is 114 Å². The fourth-order valence-corrected chi connectivity index (χ4v) is 0. The third-order valence-electron chi connectivity index (χ3n) is 0.500. The first-order valence-corrected chi connectivity index (χ1v) is 3.20. The van der Waals surface area contributed by atoms with Crippen LogP contribution in [0.2, 0.25) is 0 Å². The van der Waals surface area contributed by atoms with Gasteiger partial charge in [0, 0.05) is 0 Å². The molecule has 0 aliphatic heterocycles. The number of hydrogen-bond donors (Lipinski definition) is 0. The van der Waals surface area contributed by atoms with Crippen molar-refractivity contribution in [2.75, 3.05) is 0 Å². The van der Waals surface area contributed by atoms with E-state index in [0.717, 1.165) is 0 Å². The third-order valence-corrected chi connectivity index (χ3v) is 0.500. The van der Waals surface area contributed by atoms with E-state index < -0.39 is 35.8 Å². The predicted octanol–water partition coefficient (Wildman–Crippen LogP) is -18.8. The molecule has 0 fully saturated rings. The molecule has 0 aliphatic rings. The maximum absolute atomic E-state index is 8.93. The van der Waals surface area contributed by atoms with Gasteiger partial charge in [-0.25, -0.2) is 0 Å². The Balaban J connectivity index is -0.00000000721. The minimum absolute atomic E-state index is 0. The van der Waals surface area contributed by atoms with E-state index in [9.17, 15) is 0 Å². The molecule has 0 aromatic carbocycles. The molecule has 0 aromatic heterocycles. The normalized spacial score (nSPS) is 4.40. The fourth-order valence-electron chi connectivity index (χ4n) is 0. The molecule has 2 radical (unpaired) electrons. The second-order valence-corrected chi connectivity index (χ2v) is 1.72. The standard InChI is InChI=1S/3C2H2O4.10H2O.2Yb/c3*3-1(4)2(5)6;;;;;;;;;;;;/h3*(H,3,4)(H,5,6);10*1H2;;/q;;;;;;;;;;;;;2*+3/p-6. The zero-order chi connectivity index (χ0) is 15.5. The van der Waals surface area contributed by atoms with Crippen molar-refractivity contribution < 1.29 is 208 Å². The van der Waals surface area contributed by atoms with Crippen LogP contribution in [0.5, 0.6) is 0 Å². The minimum atomic E-state index is -2.19. The van der Waals surface area contributed by atoms with Crippen LogP contribution >= 0.6 is 0 Å². The molecule has 22 nitrogen and oxygen atoms in total. The first-order valence-electron chi connectivity index (χ1n) is 3.20. The van der Waals surface area contributed by atoms with Gasteiger partial charge in [0.1, 0.15) is 0 Å². The number of carboxylic acids is 6. The van der Waals surface area contributed by atoms with Gasteiger partial charge in [0.15, 0.2) is 0 Å². The molecular weight excluding hydrogens is 770 g/mol. The number of hydrogen-bond acceptors (Lipinski definition) is 12. The average molecular weight is 790 g/mol. The Labute approximate surface area is 241 Å². The van der Waals surface area contributed by atoms with Gasteiger partial charge in [-0.15, -0.1) is 0 Å². The summed E-state index contributed by atoms with van der Waals surface area (Å²) in [7, 11) is 0. The van der Waals surface area contributed by atoms with Gasteiger partial charge in [-0.1, -0.05) is 0 Å². The van der Waals surface area contributed by atoms with E-state index in [-0.39, 0.29) is 149 Å². The van der Waals surface area contributed by atoms with E-state index in [1.807, 2.05) is 0 Å². The van der Waals surface area contributed by atoms with Gasteiger partial charge >= 0.3 is 93.8 Å². The van der Waals surface area contributed by atoms with Crippen LogP contribution < -0.4 is 30.6 Å². The Morgan fingerprint density at radius 1 is 0.267 bits per heavy atom. The van der Waals surface area contributed by atoms with Crippen molar-refractivity contribution >= 4 is 35.8 Å². The number of aliphatic carboxylic acids is 6. The van der Waals surface area contributed by atoms with E-state index >= 15 is 0 Å². The van der Waals surface area contributed by atoms with Gasteiger partial charge in [0.2, 0.25) is 0 Å². The molecule has 0 spiro atoms. The molecule has 0 aliphatic carbocycles. The molecule has 0 amide bonds. The van der Waals surface area contributed by atoms with E-state index in [4.69, 9.17) is 59.4 Å². The van der Waals surface area contributed by atoms with Crippen molar-refractivity contribution in [2.45, 2.75) is 0 Å². The number of carbonyl (C=O) groups is 6. The van der Waals surface area contributed by atoms with Crippen molar-refractivity contribution in [3.8, 4) is 0 Å². The van der Waals surface area contributed by atoms with Crippen molar-refractivity contribution in [1.29, 1.82) is 0 Å². The zero-order valence-electron chi connectivity index (χ0n) is 13.4. The summed E-state index contributed by atoms with van der Waals surface area (Å²) in [5.41, 5.74) is 0. The second-order valence-electron chi connectivity index (χ2n) is 1.72. The molecule has 0 aromatic rings. The Bertz CT molecular complexity index is 287. The summed E-state index contributed by atoms with van der Waals surface area (Å²) in [5, 5.41) is 53.6. The summed E-state index contributed by atoms with van der Waals surface area (Å²) in [6, 6.07) is 0. The molecule has 0 rings (SSSR count). The van der Waals surface area contributed by atoms with Crippen LogP contribution in [0.3, 0.4) is 0 Å². The van der Waals surface area contributed by atoms with E-state index in [1.54, 1.807) is 0 Å². The van der Waals surface area contributed by atoms with Crippen molar-refractivity contribution in [2.24, 2.45) is 0 Å². The van der Waals surface area contributed by atoms with Gasteiger partial charge in [0.05, 0.1) is 35.8 Å². The zero-order valence-corrected chi connectivity index (χ0v) is 16.9. The van der Waals surface area contributed by atoms with Crippen LogP contribution in [0.1, 0.15) is 0 Å². The summed E-state index contributed by atoms with van der Waals surface area (Å²) < 4.78 is 0. The molecular formula is C6H20O22Yb2. The van der Waals surface area contributed by atoms with Crippen molar-refractivity contribution in [3.63, 3.8) is 0 Å². The van der Waals surface area contributed by atoms with Gasteiger partial charge in [-0.05, 0) is 0 Å². The largest absolute Gasteiger partial charge is 3.00 e. The van der Waals surface area contributed by atoms with Crippen LogP contribution in [0, 0.1) is 93.8 Å². The maximum atomic E-state index is 8.93. The molecule has 30 heavy (non-hydrogen) atoms. The van der Waals surface area contributed by atoms with E-state index in [0.29, 0.717) is 0 Å². The Morgan fingerprint density at radius 3 is 0.300 bits per heavy atom. The van der Waals surface area contributed by atoms with Gasteiger partial charge in [-0.2, -0.15) is 0 Å². The quantitative estimate of drug-likeness (QED) is 0.207. The summed E-state index contributed by atoms with van der Waals surface area (Å²) in [6.45, 7) is 0. The van der Waals surface area contributed by atoms with Crippen LogP contribution in [0.4, 0.5) is 0 Å². The summed E-state index contributed by atoms with van der Waals surface area (Å²) in [6.07, 6.45) is 0. The molecule has 0 heterocycles. The molecule has 24 heteroatoms. The van der Waals surface area contributed by atoms with E-state index in [1.165, 1.54) is 0 Å². The first-order chi connectivity index (χ1) is 7.93. The second kappa shape index (κ2) is 70.4. The number of carboxylic acid groups (broad SMARTS) is 6. The van der Waals surface area contributed by atoms with Crippen LogP contribution in [0.15, 0.2) is 0 Å². The number of carbonyl (C=O) groups excluding carboxylic acids is 6. The Morgan fingerprint density at radius 2 is 0.300 bits per heavy atom. The topological polar surface area (TPSA) is 556 Å². The Kier molecular flexibility index (Phi) is 268. The first kappa shape index (κ1) is 114. The van der Waals surface area contributed by atoms with Crippen LogP contribution in [-0.2, 0) is 28.8 Å². The van der Waals surface area contributed by atoms with Crippen LogP contribution in [0.25, 0.3) is 0 Å². The summed E-state index contributed by atoms with van der Waals surface area (Å²) in [5.74, 6) is -13.1. The summed E-state index contributed by atoms with van der Waals surface area (Å²) >= 11 is 0. The molecule has 0 bridgehead atoms. The molecule has 204 valence electrons. The van der Waals surface area contributed by atoms with Crippen molar-refractivity contribution in [3.05, 3.63) is 0 Å². The minimum Gasteiger partial charge on any atom is -0.543 e. The van der Waals surface area contributed by atoms with Crippen molar-refractivity contribution in [1.82, 2.24) is 0 Å². The number of rotatable bonds is 0. The van der Waals surface area contributed by atoms with E-state index in [2.05, 4.69) is 0 Å². The van der Waals surface area contributed by atoms with Gasteiger partial charge in [0.25, 0.3) is 0 Å². The molecule has 0 saturated heterocycles. The molecule has 0 unspecified atom stereocenters. The SMILES string of the molecule is O.O.O.O.O.O.O.O.O.O.O=C([O-])C(=O)[O-].O=C([O-])C(=O)[O-].O=C([O-])C(=O)[O-].[Yb+3].[Yb+3]. The molecule has 0 saturated carbocycles. The third kappa shape index (κ3) is 146.